The molecule has 5 heteroatoms. The minimum atomic E-state index is -0.193. The van der Waals surface area contributed by atoms with Crippen LogP contribution in [0.3, 0.4) is 0 Å². The number of urea groups is 1. The predicted molar refractivity (Wildman–Crippen MR) is 98.0 cm³/mol. The number of halogens is 1. The lowest BCUT2D eigenvalue weighted by atomic mass is 10.1. The van der Waals surface area contributed by atoms with Crippen LogP contribution in [0.15, 0.2) is 53.0 Å². The molecule has 0 bridgehead atoms. The van der Waals surface area contributed by atoms with E-state index < -0.39 is 0 Å². The van der Waals surface area contributed by atoms with Gasteiger partial charge in [-0.05, 0) is 61.1 Å². The number of amides is 2. The van der Waals surface area contributed by atoms with Gasteiger partial charge in [0.1, 0.15) is 5.75 Å². The lowest BCUT2D eigenvalue weighted by Crippen LogP contribution is -2.42. The molecule has 2 aromatic rings. The molecular weight excluding hydrogens is 368 g/mol. The van der Waals surface area contributed by atoms with E-state index in [4.69, 9.17) is 0 Å². The highest BCUT2D eigenvalue weighted by Crippen LogP contribution is 2.45. The van der Waals surface area contributed by atoms with Crippen molar-refractivity contribution in [1.29, 1.82) is 0 Å². The predicted octanol–water partition coefficient (Wildman–Crippen LogP) is 4.08. The molecule has 2 aromatic carbocycles. The number of benzene rings is 2. The molecule has 3 rings (SSSR count). The van der Waals surface area contributed by atoms with Crippen LogP contribution in [-0.4, -0.2) is 17.7 Å². The number of phenolic OH excluding ortho intramolecular Hbond substituents is 1. The van der Waals surface area contributed by atoms with Crippen LogP contribution in [0, 0.1) is 0 Å². The van der Waals surface area contributed by atoms with Crippen LogP contribution in [0.2, 0.25) is 0 Å². The van der Waals surface area contributed by atoms with E-state index in [2.05, 4.69) is 38.7 Å². The molecule has 0 saturated heterocycles. The molecule has 1 fully saturated rings. The van der Waals surface area contributed by atoms with Crippen molar-refractivity contribution in [3.8, 4) is 5.75 Å². The maximum absolute atomic E-state index is 12.1. The van der Waals surface area contributed by atoms with Crippen LogP contribution in [-0.2, 0) is 12.0 Å². The van der Waals surface area contributed by atoms with Crippen molar-refractivity contribution in [1.82, 2.24) is 10.6 Å². The Bertz CT molecular complexity index is 694. The summed E-state index contributed by atoms with van der Waals surface area (Å²) in [5, 5.41) is 15.3. The van der Waals surface area contributed by atoms with Crippen LogP contribution in [0.4, 0.5) is 4.79 Å². The highest BCUT2D eigenvalue weighted by molar-refractivity contribution is 9.10. The van der Waals surface area contributed by atoms with Gasteiger partial charge in [-0.1, -0.05) is 40.2 Å². The van der Waals surface area contributed by atoms with Gasteiger partial charge in [0.05, 0.1) is 5.54 Å². The van der Waals surface area contributed by atoms with E-state index in [0.717, 1.165) is 41.3 Å². The molecule has 0 heterocycles. The Balaban J connectivity index is 1.42. The monoisotopic (exact) mass is 388 g/mol. The minimum absolute atomic E-state index is 0.110. The SMILES string of the molecule is O=C(NCCCc1ccc(O)cc1)NC1(c2ccc(Br)cc2)CC1. The Morgan fingerprint density at radius 2 is 1.75 bits per heavy atom. The molecule has 1 aliphatic carbocycles. The summed E-state index contributed by atoms with van der Waals surface area (Å²) in [7, 11) is 0. The topological polar surface area (TPSA) is 61.4 Å². The number of aryl methyl sites for hydroxylation is 1. The average Bonchev–Trinajstić information content (AvgIpc) is 3.34. The smallest absolute Gasteiger partial charge is 0.315 e. The molecule has 0 unspecified atom stereocenters. The fourth-order valence-corrected chi connectivity index (χ4v) is 3.06. The van der Waals surface area contributed by atoms with E-state index in [9.17, 15) is 9.90 Å². The molecule has 126 valence electrons. The van der Waals surface area contributed by atoms with Crippen molar-refractivity contribution in [3.63, 3.8) is 0 Å². The van der Waals surface area contributed by atoms with Crippen LogP contribution in [0.25, 0.3) is 0 Å². The first-order valence-electron chi connectivity index (χ1n) is 8.17. The molecule has 0 spiro atoms. The summed E-state index contributed by atoms with van der Waals surface area (Å²) in [6.07, 6.45) is 3.70. The Labute approximate surface area is 150 Å². The molecule has 0 aliphatic heterocycles. The molecule has 2 amide bonds. The van der Waals surface area contributed by atoms with Gasteiger partial charge in [0.2, 0.25) is 0 Å². The molecule has 24 heavy (non-hydrogen) atoms. The number of aromatic hydroxyl groups is 1. The quantitative estimate of drug-likeness (QED) is 0.652. The first-order chi connectivity index (χ1) is 11.6. The van der Waals surface area contributed by atoms with Gasteiger partial charge in [0, 0.05) is 11.0 Å². The van der Waals surface area contributed by atoms with Crippen molar-refractivity contribution in [2.24, 2.45) is 0 Å². The number of hydrogen-bond donors (Lipinski definition) is 3. The zero-order valence-electron chi connectivity index (χ0n) is 13.4. The molecule has 0 atom stereocenters. The first kappa shape index (κ1) is 16.8. The van der Waals surface area contributed by atoms with Gasteiger partial charge >= 0.3 is 6.03 Å². The summed E-state index contributed by atoms with van der Waals surface area (Å²) in [4.78, 5) is 12.1. The number of phenols is 1. The van der Waals surface area contributed by atoms with Gasteiger partial charge in [0.15, 0.2) is 0 Å². The highest BCUT2D eigenvalue weighted by Gasteiger charge is 2.45. The summed E-state index contributed by atoms with van der Waals surface area (Å²) >= 11 is 3.44. The fourth-order valence-electron chi connectivity index (χ4n) is 2.80. The summed E-state index contributed by atoms with van der Waals surface area (Å²) < 4.78 is 1.04. The lowest BCUT2D eigenvalue weighted by molar-refractivity contribution is 0.235. The van der Waals surface area contributed by atoms with E-state index in [1.165, 1.54) is 0 Å². The molecule has 0 aromatic heterocycles. The van der Waals surface area contributed by atoms with Crippen LogP contribution in [0.5, 0.6) is 5.75 Å². The van der Waals surface area contributed by atoms with Crippen molar-refractivity contribution < 1.29 is 9.90 Å². The Morgan fingerprint density at radius 3 is 2.38 bits per heavy atom. The normalized spacial score (nSPS) is 14.9. The third-order valence-corrected chi connectivity index (χ3v) is 4.89. The maximum atomic E-state index is 12.1. The molecule has 3 N–H and O–H groups in total. The first-order valence-corrected chi connectivity index (χ1v) is 8.97. The minimum Gasteiger partial charge on any atom is -0.508 e. The number of nitrogens with one attached hydrogen (secondary N) is 2. The second kappa shape index (κ2) is 7.26. The van der Waals surface area contributed by atoms with Gasteiger partial charge in [-0.2, -0.15) is 0 Å². The van der Waals surface area contributed by atoms with E-state index in [1.807, 2.05) is 24.3 Å². The maximum Gasteiger partial charge on any atom is 0.315 e. The molecular formula is C19H21BrN2O2. The van der Waals surface area contributed by atoms with E-state index in [1.54, 1.807) is 12.1 Å². The van der Waals surface area contributed by atoms with Gasteiger partial charge < -0.3 is 15.7 Å². The number of rotatable bonds is 6. The van der Waals surface area contributed by atoms with Crippen LogP contribution < -0.4 is 10.6 Å². The highest BCUT2D eigenvalue weighted by atomic mass is 79.9. The summed E-state index contributed by atoms with van der Waals surface area (Å²) in [5.41, 5.74) is 2.12. The molecule has 0 radical (unpaired) electrons. The molecule has 4 nitrogen and oxygen atoms in total. The second-order valence-electron chi connectivity index (χ2n) is 6.24. The van der Waals surface area contributed by atoms with Gasteiger partial charge in [-0.3, -0.25) is 0 Å². The standard InChI is InChI=1S/C19H21BrN2O2/c20-16-7-5-15(6-8-16)19(11-12-19)22-18(24)21-13-1-2-14-3-9-17(23)10-4-14/h3-10,23H,1-2,11-13H2,(H2,21,22,24). The van der Waals surface area contributed by atoms with Crippen molar-refractivity contribution >= 4 is 22.0 Å². The van der Waals surface area contributed by atoms with Crippen molar-refractivity contribution in [2.75, 3.05) is 6.54 Å². The molecule has 1 aliphatic rings. The zero-order valence-corrected chi connectivity index (χ0v) is 15.0. The third-order valence-electron chi connectivity index (χ3n) is 4.36. The summed E-state index contributed by atoms with van der Waals surface area (Å²) in [5.74, 6) is 0.277. The van der Waals surface area contributed by atoms with Gasteiger partial charge in [0.25, 0.3) is 0 Å². The van der Waals surface area contributed by atoms with E-state index >= 15 is 0 Å². The second-order valence-corrected chi connectivity index (χ2v) is 7.16. The number of hydrogen-bond acceptors (Lipinski definition) is 2. The number of carbonyl (C=O) groups excluding carboxylic acids is 1. The van der Waals surface area contributed by atoms with Crippen molar-refractivity contribution in [2.45, 2.75) is 31.2 Å². The number of carbonyl (C=O) groups is 1. The van der Waals surface area contributed by atoms with E-state index in [-0.39, 0.29) is 17.3 Å². The lowest BCUT2D eigenvalue weighted by Gasteiger charge is -2.18. The van der Waals surface area contributed by atoms with Gasteiger partial charge in [-0.25, -0.2) is 4.79 Å². The van der Waals surface area contributed by atoms with Crippen molar-refractivity contribution in [3.05, 3.63) is 64.1 Å². The zero-order chi connectivity index (χ0) is 17.0. The summed E-state index contributed by atoms with van der Waals surface area (Å²) in [6.45, 7) is 0.628. The largest absolute Gasteiger partial charge is 0.508 e. The average molecular weight is 389 g/mol. The Hall–Kier alpha value is -2.01. The van der Waals surface area contributed by atoms with Gasteiger partial charge in [-0.15, -0.1) is 0 Å². The molecule has 1 saturated carbocycles. The van der Waals surface area contributed by atoms with E-state index in [0.29, 0.717) is 6.54 Å². The van der Waals surface area contributed by atoms with Crippen LogP contribution in [0.1, 0.15) is 30.4 Å². The Kier molecular flexibility index (Phi) is 5.09. The third kappa shape index (κ3) is 4.29. The Morgan fingerprint density at radius 1 is 1.08 bits per heavy atom. The summed E-state index contributed by atoms with van der Waals surface area (Å²) in [6, 6.07) is 15.2. The fraction of sp³-hybridized carbons (Fsp3) is 0.316. The van der Waals surface area contributed by atoms with Crippen LogP contribution >= 0.6 is 15.9 Å².